The van der Waals surface area contributed by atoms with Gasteiger partial charge in [0.2, 0.25) is 17.7 Å². The van der Waals surface area contributed by atoms with E-state index >= 15 is 0 Å². The molecule has 0 aliphatic heterocycles. The molecule has 1 aromatic rings. The minimum Gasteiger partial charge on any atom is -0.356 e. The standard InChI is InChI=1S/C17H23N3O3/c1-3-4-8-18-16(22)14-10-15(14)17(23)20-13-7-5-6-12(9-13)19-11(2)21/h5-7,9,14-15H,3-4,8,10H2,1-2H3,(H,18,22)(H,19,21)(H,20,23). The van der Waals surface area contributed by atoms with E-state index in [1.54, 1.807) is 24.3 Å². The van der Waals surface area contributed by atoms with Crippen LogP contribution in [-0.2, 0) is 14.4 Å². The van der Waals surface area contributed by atoms with E-state index in [0.29, 0.717) is 24.3 Å². The number of amides is 3. The van der Waals surface area contributed by atoms with Crippen molar-refractivity contribution in [2.45, 2.75) is 33.1 Å². The zero-order valence-corrected chi connectivity index (χ0v) is 13.5. The van der Waals surface area contributed by atoms with Gasteiger partial charge in [-0.15, -0.1) is 0 Å². The van der Waals surface area contributed by atoms with Crippen molar-refractivity contribution < 1.29 is 14.4 Å². The van der Waals surface area contributed by atoms with E-state index in [4.69, 9.17) is 0 Å². The Hall–Kier alpha value is -2.37. The van der Waals surface area contributed by atoms with Crippen LogP contribution >= 0.6 is 0 Å². The largest absolute Gasteiger partial charge is 0.356 e. The minimum atomic E-state index is -0.263. The van der Waals surface area contributed by atoms with Gasteiger partial charge in [-0.05, 0) is 31.0 Å². The summed E-state index contributed by atoms with van der Waals surface area (Å²) in [5.41, 5.74) is 1.23. The van der Waals surface area contributed by atoms with E-state index < -0.39 is 0 Å². The predicted molar refractivity (Wildman–Crippen MR) is 88.9 cm³/mol. The maximum atomic E-state index is 12.2. The molecule has 2 rings (SSSR count). The molecule has 0 saturated heterocycles. The number of hydrogen-bond donors (Lipinski definition) is 3. The maximum absolute atomic E-state index is 12.2. The minimum absolute atomic E-state index is 0.0365. The van der Waals surface area contributed by atoms with Crippen LogP contribution in [0, 0.1) is 11.8 Å². The van der Waals surface area contributed by atoms with Gasteiger partial charge in [-0.3, -0.25) is 14.4 Å². The Kier molecular flexibility index (Phi) is 5.73. The van der Waals surface area contributed by atoms with E-state index in [-0.39, 0.29) is 29.6 Å². The predicted octanol–water partition coefficient (Wildman–Crippen LogP) is 2.14. The number of carbonyl (C=O) groups is 3. The molecule has 0 radical (unpaired) electrons. The molecule has 1 aliphatic rings. The van der Waals surface area contributed by atoms with Gasteiger partial charge in [0.25, 0.3) is 0 Å². The summed E-state index contributed by atoms with van der Waals surface area (Å²) >= 11 is 0. The molecule has 1 aromatic carbocycles. The molecule has 2 unspecified atom stereocenters. The molecular formula is C17H23N3O3. The molecule has 1 aliphatic carbocycles. The number of nitrogens with one attached hydrogen (secondary N) is 3. The Bertz CT molecular complexity index is 601. The maximum Gasteiger partial charge on any atom is 0.228 e. The molecule has 23 heavy (non-hydrogen) atoms. The second-order valence-electron chi connectivity index (χ2n) is 5.84. The van der Waals surface area contributed by atoms with Crippen molar-refractivity contribution in [1.82, 2.24) is 5.32 Å². The summed E-state index contributed by atoms with van der Waals surface area (Å²) < 4.78 is 0. The van der Waals surface area contributed by atoms with Crippen molar-refractivity contribution in [2.75, 3.05) is 17.2 Å². The summed E-state index contributed by atoms with van der Waals surface area (Å²) in [6.45, 7) is 4.16. The molecule has 0 heterocycles. The molecule has 124 valence electrons. The van der Waals surface area contributed by atoms with Crippen LogP contribution in [0.1, 0.15) is 33.1 Å². The van der Waals surface area contributed by atoms with Crippen LogP contribution < -0.4 is 16.0 Å². The van der Waals surface area contributed by atoms with Crippen LogP contribution in [0.15, 0.2) is 24.3 Å². The van der Waals surface area contributed by atoms with Crippen molar-refractivity contribution in [3.8, 4) is 0 Å². The van der Waals surface area contributed by atoms with Crippen molar-refractivity contribution in [3.05, 3.63) is 24.3 Å². The summed E-state index contributed by atoms with van der Waals surface area (Å²) in [6.07, 6.45) is 2.57. The molecule has 3 N–H and O–H groups in total. The topological polar surface area (TPSA) is 87.3 Å². The molecule has 1 saturated carbocycles. The van der Waals surface area contributed by atoms with Crippen molar-refractivity contribution in [3.63, 3.8) is 0 Å². The lowest BCUT2D eigenvalue weighted by molar-refractivity contribution is -0.125. The molecule has 3 amide bonds. The lowest BCUT2D eigenvalue weighted by Gasteiger charge is -2.08. The number of hydrogen-bond acceptors (Lipinski definition) is 3. The fourth-order valence-electron chi connectivity index (χ4n) is 2.41. The number of benzene rings is 1. The van der Waals surface area contributed by atoms with E-state index in [9.17, 15) is 14.4 Å². The van der Waals surface area contributed by atoms with Crippen molar-refractivity contribution >= 4 is 29.1 Å². The van der Waals surface area contributed by atoms with E-state index in [1.807, 2.05) is 0 Å². The Morgan fingerprint density at radius 3 is 2.39 bits per heavy atom. The highest BCUT2D eigenvalue weighted by molar-refractivity contribution is 6.00. The first kappa shape index (κ1) is 17.0. The molecule has 0 aromatic heterocycles. The summed E-state index contributed by atoms with van der Waals surface area (Å²) in [5.74, 6) is -0.836. The highest BCUT2D eigenvalue weighted by atomic mass is 16.2. The lowest BCUT2D eigenvalue weighted by Crippen LogP contribution is -2.28. The highest BCUT2D eigenvalue weighted by Crippen LogP contribution is 2.39. The number of anilines is 2. The van der Waals surface area contributed by atoms with Gasteiger partial charge in [-0.25, -0.2) is 0 Å². The van der Waals surface area contributed by atoms with Crippen LogP contribution in [0.3, 0.4) is 0 Å². The molecular weight excluding hydrogens is 294 g/mol. The Morgan fingerprint density at radius 1 is 1.09 bits per heavy atom. The number of rotatable bonds is 7. The Labute approximate surface area is 136 Å². The normalized spacial score (nSPS) is 18.9. The fourth-order valence-corrected chi connectivity index (χ4v) is 2.41. The quantitative estimate of drug-likeness (QED) is 0.673. The van der Waals surface area contributed by atoms with Crippen LogP contribution in [-0.4, -0.2) is 24.3 Å². The van der Waals surface area contributed by atoms with Gasteiger partial charge >= 0.3 is 0 Å². The summed E-state index contributed by atoms with van der Waals surface area (Å²) in [6, 6.07) is 6.95. The van der Waals surface area contributed by atoms with Crippen molar-refractivity contribution in [2.24, 2.45) is 11.8 Å². The SMILES string of the molecule is CCCCNC(=O)C1CC1C(=O)Nc1cccc(NC(C)=O)c1. The third-order valence-corrected chi connectivity index (χ3v) is 3.74. The summed E-state index contributed by atoms with van der Waals surface area (Å²) in [7, 11) is 0. The monoisotopic (exact) mass is 317 g/mol. The van der Waals surface area contributed by atoms with Gasteiger partial charge in [-0.1, -0.05) is 19.4 Å². The van der Waals surface area contributed by atoms with Crippen LogP contribution in [0.4, 0.5) is 11.4 Å². The highest BCUT2D eigenvalue weighted by Gasteiger charge is 2.47. The van der Waals surface area contributed by atoms with E-state index in [1.165, 1.54) is 6.92 Å². The Balaban J connectivity index is 1.84. The first-order chi connectivity index (χ1) is 11.0. The third kappa shape index (κ3) is 5.09. The van der Waals surface area contributed by atoms with E-state index in [2.05, 4.69) is 22.9 Å². The molecule has 2 atom stereocenters. The van der Waals surface area contributed by atoms with E-state index in [0.717, 1.165) is 12.8 Å². The van der Waals surface area contributed by atoms with Crippen molar-refractivity contribution in [1.29, 1.82) is 0 Å². The van der Waals surface area contributed by atoms with Crippen LogP contribution in [0.2, 0.25) is 0 Å². The van der Waals surface area contributed by atoms with Gasteiger partial charge < -0.3 is 16.0 Å². The lowest BCUT2D eigenvalue weighted by atomic mass is 10.2. The average Bonchev–Trinajstić information content (AvgIpc) is 3.27. The number of carbonyl (C=O) groups excluding carboxylic acids is 3. The van der Waals surface area contributed by atoms with Gasteiger partial charge in [0, 0.05) is 24.8 Å². The van der Waals surface area contributed by atoms with Crippen LogP contribution in [0.5, 0.6) is 0 Å². The second kappa shape index (κ2) is 7.76. The number of unbranched alkanes of at least 4 members (excludes halogenated alkanes) is 1. The molecule has 6 heteroatoms. The first-order valence-corrected chi connectivity index (χ1v) is 7.97. The Morgan fingerprint density at radius 2 is 1.74 bits per heavy atom. The summed E-state index contributed by atoms with van der Waals surface area (Å²) in [4.78, 5) is 35.1. The molecule has 6 nitrogen and oxygen atoms in total. The second-order valence-corrected chi connectivity index (χ2v) is 5.84. The fraction of sp³-hybridized carbons (Fsp3) is 0.471. The molecule has 0 spiro atoms. The summed E-state index contributed by atoms with van der Waals surface area (Å²) in [5, 5.41) is 8.32. The molecule has 0 bridgehead atoms. The smallest absolute Gasteiger partial charge is 0.228 e. The van der Waals surface area contributed by atoms with Crippen LogP contribution in [0.25, 0.3) is 0 Å². The first-order valence-electron chi connectivity index (χ1n) is 7.97. The van der Waals surface area contributed by atoms with Gasteiger partial charge in [0.1, 0.15) is 0 Å². The van der Waals surface area contributed by atoms with Gasteiger partial charge in [0.15, 0.2) is 0 Å². The third-order valence-electron chi connectivity index (χ3n) is 3.74. The zero-order valence-electron chi connectivity index (χ0n) is 13.5. The average molecular weight is 317 g/mol. The molecule has 1 fully saturated rings. The zero-order chi connectivity index (χ0) is 16.8. The van der Waals surface area contributed by atoms with Gasteiger partial charge in [-0.2, -0.15) is 0 Å². The van der Waals surface area contributed by atoms with Gasteiger partial charge in [0.05, 0.1) is 11.8 Å².